The van der Waals surface area contributed by atoms with Crippen molar-refractivity contribution >= 4 is 40.6 Å². The van der Waals surface area contributed by atoms with Crippen molar-refractivity contribution in [2.75, 3.05) is 19.8 Å². The molecule has 7 nitrogen and oxygen atoms in total. The van der Waals surface area contributed by atoms with E-state index in [0.29, 0.717) is 3.57 Å². The van der Waals surface area contributed by atoms with Gasteiger partial charge in [-0.2, -0.15) is 0 Å². The molecule has 0 unspecified atom stereocenters. The highest BCUT2D eigenvalue weighted by molar-refractivity contribution is 14.1. The number of carbonyl (C=O) groups excluding carboxylic acids is 2. The number of cyclic esters (lactones) is 1. The van der Waals surface area contributed by atoms with Crippen molar-refractivity contribution in [2.45, 2.75) is 0 Å². The maximum absolute atomic E-state index is 11.7. The summed E-state index contributed by atoms with van der Waals surface area (Å²) in [4.78, 5) is 34.7. The molecule has 1 fully saturated rings. The van der Waals surface area contributed by atoms with E-state index in [-0.39, 0.29) is 31.1 Å². The number of ether oxygens (including phenoxy) is 2. The van der Waals surface area contributed by atoms with E-state index in [9.17, 15) is 14.4 Å². The molecule has 0 spiro atoms. The Morgan fingerprint density at radius 3 is 2.80 bits per heavy atom. The summed E-state index contributed by atoms with van der Waals surface area (Å²) in [7, 11) is 0. The van der Waals surface area contributed by atoms with Gasteiger partial charge in [0.15, 0.2) is 6.61 Å². The van der Waals surface area contributed by atoms with Crippen molar-refractivity contribution in [3.8, 4) is 5.75 Å². The van der Waals surface area contributed by atoms with Crippen LogP contribution in [0.1, 0.15) is 10.4 Å². The molecule has 0 radical (unpaired) electrons. The molecule has 0 saturated carbocycles. The van der Waals surface area contributed by atoms with E-state index in [1.165, 1.54) is 12.1 Å². The fraction of sp³-hybridized carbons (Fsp3) is 0.250. The molecule has 1 saturated heterocycles. The lowest BCUT2D eigenvalue weighted by atomic mass is 10.2. The Bertz CT molecular complexity index is 573. The molecule has 0 bridgehead atoms. The quantitative estimate of drug-likeness (QED) is 0.779. The Labute approximate surface area is 127 Å². The first-order chi connectivity index (χ1) is 9.49. The molecule has 1 aromatic rings. The van der Waals surface area contributed by atoms with Gasteiger partial charge in [-0.25, -0.2) is 14.5 Å². The van der Waals surface area contributed by atoms with Gasteiger partial charge in [0, 0.05) is 0 Å². The molecular formula is C12H10INO6. The van der Waals surface area contributed by atoms with E-state index in [1.54, 1.807) is 6.07 Å². The Morgan fingerprint density at radius 2 is 2.20 bits per heavy atom. The van der Waals surface area contributed by atoms with E-state index in [2.05, 4.69) is 4.74 Å². The number of carbonyl (C=O) groups is 3. The van der Waals surface area contributed by atoms with Crippen LogP contribution in [0, 0.1) is 3.57 Å². The fourth-order valence-electron chi connectivity index (χ4n) is 1.58. The second-order valence-corrected chi connectivity index (χ2v) is 5.06. The van der Waals surface area contributed by atoms with Crippen LogP contribution in [-0.2, 0) is 9.53 Å². The minimum atomic E-state index is -1.08. The molecule has 0 aliphatic carbocycles. The Balaban J connectivity index is 2.03. The smallest absolute Gasteiger partial charge is 0.416 e. The standard InChI is InChI=1S/C12H10INO6/c13-8-2-1-7(11(16)17)5-9(8)20-6-10(15)14-3-4-19-12(14)18/h1-2,5H,3-4,6H2,(H,16,17). The molecular weight excluding hydrogens is 381 g/mol. The summed E-state index contributed by atoms with van der Waals surface area (Å²) < 4.78 is 10.6. The van der Waals surface area contributed by atoms with Gasteiger partial charge >= 0.3 is 12.1 Å². The zero-order valence-corrected chi connectivity index (χ0v) is 12.3. The van der Waals surface area contributed by atoms with Gasteiger partial charge in [-0.15, -0.1) is 0 Å². The van der Waals surface area contributed by atoms with Gasteiger partial charge < -0.3 is 14.6 Å². The lowest BCUT2D eigenvalue weighted by Gasteiger charge is -2.12. The molecule has 1 heterocycles. The molecule has 1 aromatic carbocycles. The summed E-state index contributed by atoms with van der Waals surface area (Å²) in [5.74, 6) is -1.32. The van der Waals surface area contributed by atoms with E-state index >= 15 is 0 Å². The van der Waals surface area contributed by atoms with Crippen LogP contribution in [0.5, 0.6) is 5.75 Å². The summed E-state index contributed by atoms with van der Waals surface area (Å²) in [6, 6.07) is 4.35. The number of imide groups is 1. The van der Waals surface area contributed by atoms with Gasteiger partial charge in [0.2, 0.25) is 0 Å². The van der Waals surface area contributed by atoms with Gasteiger partial charge in [-0.3, -0.25) is 4.79 Å². The molecule has 1 aliphatic rings. The number of benzene rings is 1. The number of carboxylic acid groups (broad SMARTS) is 1. The van der Waals surface area contributed by atoms with Crippen LogP contribution in [-0.4, -0.2) is 47.7 Å². The number of aromatic carboxylic acids is 1. The number of nitrogens with zero attached hydrogens (tertiary/aromatic N) is 1. The second kappa shape index (κ2) is 6.07. The van der Waals surface area contributed by atoms with Gasteiger partial charge in [-0.1, -0.05) is 0 Å². The first-order valence-corrected chi connectivity index (χ1v) is 6.69. The van der Waals surface area contributed by atoms with Crippen LogP contribution in [0.25, 0.3) is 0 Å². The highest BCUT2D eigenvalue weighted by Gasteiger charge is 2.28. The van der Waals surface area contributed by atoms with Crippen LogP contribution < -0.4 is 4.74 Å². The highest BCUT2D eigenvalue weighted by atomic mass is 127. The van der Waals surface area contributed by atoms with Crippen molar-refractivity contribution in [2.24, 2.45) is 0 Å². The van der Waals surface area contributed by atoms with Gasteiger partial charge in [0.25, 0.3) is 5.91 Å². The summed E-state index contributed by atoms with van der Waals surface area (Å²) >= 11 is 1.97. The molecule has 2 amide bonds. The SMILES string of the molecule is O=C(O)c1ccc(I)c(OCC(=O)N2CCOC2=O)c1. The van der Waals surface area contributed by atoms with Gasteiger partial charge in [0.1, 0.15) is 12.4 Å². The van der Waals surface area contributed by atoms with E-state index in [0.717, 1.165) is 4.90 Å². The molecule has 0 atom stereocenters. The van der Waals surface area contributed by atoms with Crippen molar-refractivity contribution in [1.82, 2.24) is 4.90 Å². The molecule has 1 N–H and O–H groups in total. The molecule has 20 heavy (non-hydrogen) atoms. The third-order valence-corrected chi connectivity index (χ3v) is 3.48. The number of amides is 2. The van der Waals surface area contributed by atoms with E-state index < -0.39 is 18.0 Å². The van der Waals surface area contributed by atoms with Crippen LogP contribution in [0.15, 0.2) is 18.2 Å². The maximum atomic E-state index is 11.7. The van der Waals surface area contributed by atoms with Crippen molar-refractivity contribution < 1.29 is 29.0 Å². The number of rotatable bonds is 4. The molecule has 0 aromatic heterocycles. The zero-order chi connectivity index (χ0) is 14.7. The first kappa shape index (κ1) is 14.6. The largest absolute Gasteiger partial charge is 0.483 e. The van der Waals surface area contributed by atoms with Crippen LogP contribution in [0.4, 0.5) is 4.79 Å². The topological polar surface area (TPSA) is 93.1 Å². The lowest BCUT2D eigenvalue weighted by Crippen LogP contribution is -2.35. The van der Waals surface area contributed by atoms with Crippen molar-refractivity contribution in [1.29, 1.82) is 0 Å². The van der Waals surface area contributed by atoms with Crippen LogP contribution >= 0.6 is 22.6 Å². The normalized spacial score (nSPS) is 14.1. The minimum absolute atomic E-state index is 0.0634. The number of hydrogen-bond acceptors (Lipinski definition) is 5. The Hall–Kier alpha value is -1.84. The van der Waals surface area contributed by atoms with E-state index in [1.807, 2.05) is 22.6 Å². The zero-order valence-electron chi connectivity index (χ0n) is 10.2. The third-order valence-electron chi connectivity index (χ3n) is 2.59. The summed E-state index contributed by atoms with van der Waals surface area (Å²) in [6.07, 6.45) is -0.687. The van der Waals surface area contributed by atoms with Gasteiger partial charge in [0.05, 0.1) is 15.7 Å². The maximum Gasteiger partial charge on any atom is 0.416 e. The Morgan fingerprint density at radius 1 is 1.45 bits per heavy atom. The molecule has 8 heteroatoms. The fourth-order valence-corrected chi connectivity index (χ4v) is 2.08. The number of halogens is 1. The number of carboxylic acids is 1. The molecule has 1 aliphatic heterocycles. The molecule has 106 valence electrons. The van der Waals surface area contributed by atoms with Crippen LogP contribution in [0.2, 0.25) is 0 Å². The second-order valence-electron chi connectivity index (χ2n) is 3.90. The van der Waals surface area contributed by atoms with E-state index in [4.69, 9.17) is 9.84 Å². The van der Waals surface area contributed by atoms with Crippen molar-refractivity contribution in [3.63, 3.8) is 0 Å². The highest BCUT2D eigenvalue weighted by Crippen LogP contribution is 2.22. The van der Waals surface area contributed by atoms with Crippen LogP contribution in [0.3, 0.4) is 0 Å². The lowest BCUT2D eigenvalue weighted by molar-refractivity contribution is -0.129. The summed E-state index contributed by atoms with van der Waals surface area (Å²) in [5, 5.41) is 8.89. The van der Waals surface area contributed by atoms with Crippen molar-refractivity contribution in [3.05, 3.63) is 27.3 Å². The minimum Gasteiger partial charge on any atom is -0.483 e. The first-order valence-electron chi connectivity index (χ1n) is 5.62. The average Bonchev–Trinajstić information content (AvgIpc) is 2.83. The number of hydrogen-bond donors (Lipinski definition) is 1. The molecule has 2 rings (SSSR count). The average molecular weight is 391 g/mol. The predicted molar refractivity (Wildman–Crippen MR) is 74.7 cm³/mol. The summed E-state index contributed by atoms with van der Waals surface area (Å²) in [5.41, 5.74) is 0.0634. The third kappa shape index (κ3) is 3.18. The monoisotopic (exact) mass is 391 g/mol. The predicted octanol–water partition coefficient (Wildman–Crippen LogP) is 1.35. The van der Waals surface area contributed by atoms with Gasteiger partial charge in [-0.05, 0) is 40.8 Å². The Kier molecular flexibility index (Phi) is 4.42. The summed E-state index contributed by atoms with van der Waals surface area (Å²) in [6.45, 7) is 0.0259.